The van der Waals surface area contributed by atoms with Crippen molar-refractivity contribution in [3.05, 3.63) is 35.7 Å². The summed E-state index contributed by atoms with van der Waals surface area (Å²) in [6.07, 6.45) is 0. The van der Waals surface area contributed by atoms with Gasteiger partial charge >= 0.3 is 6.01 Å². The number of aromatic nitrogens is 2. The molecule has 0 aliphatic carbocycles. The van der Waals surface area contributed by atoms with Crippen LogP contribution in [-0.2, 0) is 16.6 Å². The molecule has 0 amide bonds. The van der Waals surface area contributed by atoms with Crippen molar-refractivity contribution in [2.24, 2.45) is 0 Å². The second kappa shape index (κ2) is 6.02. The minimum absolute atomic E-state index is 0.140. The summed E-state index contributed by atoms with van der Waals surface area (Å²) in [4.78, 5) is 0.147. The fourth-order valence-electron chi connectivity index (χ4n) is 1.57. The lowest BCUT2D eigenvalue weighted by Crippen LogP contribution is -2.14. The van der Waals surface area contributed by atoms with Crippen LogP contribution in [0.2, 0.25) is 0 Å². The van der Waals surface area contributed by atoms with Crippen LogP contribution in [-0.4, -0.2) is 25.2 Å². The Labute approximate surface area is 117 Å². The third-order valence-corrected chi connectivity index (χ3v) is 3.90. The van der Waals surface area contributed by atoms with Crippen LogP contribution in [0.15, 0.2) is 33.6 Å². The summed E-state index contributed by atoms with van der Waals surface area (Å²) < 4.78 is 31.4. The number of sulfonamides is 1. The molecule has 0 spiro atoms. The second-order valence-electron chi connectivity index (χ2n) is 4.16. The molecule has 0 unspecified atom stereocenters. The average Bonchev–Trinajstić information content (AvgIpc) is 2.81. The lowest BCUT2D eigenvalue weighted by molar-refractivity contribution is 0.534. The van der Waals surface area contributed by atoms with Gasteiger partial charge in [0, 0.05) is 13.5 Å². The number of nitrogens with zero attached hydrogens (tertiary/aromatic N) is 2. The van der Waals surface area contributed by atoms with Crippen molar-refractivity contribution < 1.29 is 12.8 Å². The van der Waals surface area contributed by atoms with E-state index in [2.05, 4.69) is 20.2 Å². The number of aryl methyl sites for hydroxylation is 1. The first-order valence-corrected chi connectivity index (χ1v) is 7.62. The Bertz CT molecular complexity index is 664. The first kappa shape index (κ1) is 14.5. The summed E-state index contributed by atoms with van der Waals surface area (Å²) in [5.41, 5.74) is 1.01. The van der Waals surface area contributed by atoms with Crippen molar-refractivity contribution in [1.82, 2.24) is 15.5 Å². The van der Waals surface area contributed by atoms with Crippen LogP contribution in [0, 0.1) is 6.92 Å². The zero-order valence-electron chi connectivity index (χ0n) is 11.3. The van der Waals surface area contributed by atoms with Crippen molar-refractivity contribution >= 4 is 16.0 Å². The second-order valence-corrected chi connectivity index (χ2v) is 5.84. The predicted molar refractivity (Wildman–Crippen MR) is 73.7 cm³/mol. The standard InChI is InChI=1S/C12H16N4O3S/c1-3-13-8-10-4-6-11(7-5-10)20(17,18)16-12-15-14-9(2)19-12/h4-7,13H,3,8H2,1-2H3,(H,15,16). The topological polar surface area (TPSA) is 97.1 Å². The Morgan fingerprint density at radius 3 is 2.45 bits per heavy atom. The van der Waals surface area contributed by atoms with Gasteiger partial charge in [0.25, 0.3) is 10.0 Å². The first-order chi connectivity index (χ1) is 9.51. The summed E-state index contributed by atoms with van der Waals surface area (Å²) in [7, 11) is -3.70. The molecule has 7 nitrogen and oxygen atoms in total. The number of rotatable bonds is 6. The van der Waals surface area contributed by atoms with Crippen LogP contribution in [0.4, 0.5) is 6.01 Å². The van der Waals surface area contributed by atoms with Crippen molar-refractivity contribution in [3.63, 3.8) is 0 Å². The summed E-state index contributed by atoms with van der Waals surface area (Å²) in [6, 6.07) is 6.46. The summed E-state index contributed by atoms with van der Waals surface area (Å²) in [6.45, 7) is 5.15. The van der Waals surface area contributed by atoms with E-state index in [0.717, 1.165) is 12.1 Å². The summed E-state index contributed by atoms with van der Waals surface area (Å²) >= 11 is 0. The normalized spacial score (nSPS) is 11.5. The lowest BCUT2D eigenvalue weighted by atomic mass is 10.2. The van der Waals surface area contributed by atoms with E-state index in [9.17, 15) is 8.42 Å². The molecule has 2 rings (SSSR count). The Morgan fingerprint density at radius 2 is 1.90 bits per heavy atom. The molecular weight excluding hydrogens is 280 g/mol. The van der Waals surface area contributed by atoms with Gasteiger partial charge in [-0.05, 0) is 24.2 Å². The Hall–Kier alpha value is -1.93. The van der Waals surface area contributed by atoms with Gasteiger partial charge in [0.1, 0.15) is 0 Å². The van der Waals surface area contributed by atoms with Gasteiger partial charge < -0.3 is 9.73 Å². The SMILES string of the molecule is CCNCc1ccc(S(=O)(=O)Nc2nnc(C)o2)cc1. The number of hydrogen-bond donors (Lipinski definition) is 2. The van der Waals surface area contributed by atoms with E-state index in [1.54, 1.807) is 19.1 Å². The summed E-state index contributed by atoms with van der Waals surface area (Å²) in [5, 5.41) is 10.3. The fraction of sp³-hybridized carbons (Fsp3) is 0.333. The molecule has 0 fully saturated rings. The lowest BCUT2D eigenvalue weighted by Gasteiger charge is -2.06. The molecule has 2 aromatic rings. The molecule has 20 heavy (non-hydrogen) atoms. The molecule has 0 radical (unpaired) electrons. The highest BCUT2D eigenvalue weighted by Crippen LogP contribution is 2.15. The van der Waals surface area contributed by atoms with Crippen LogP contribution in [0.5, 0.6) is 0 Å². The van der Waals surface area contributed by atoms with Crippen molar-refractivity contribution in [2.75, 3.05) is 11.3 Å². The van der Waals surface area contributed by atoms with Crippen LogP contribution >= 0.6 is 0 Å². The van der Waals surface area contributed by atoms with Crippen molar-refractivity contribution in [3.8, 4) is 0 Å². The van der Waals surface area contributed by atoms with Gasteiger partial charge in [0.05, 0.1) is 4.90 Å². The molecule has 0 aliphatic rings. The maximum Gasteiger partial charge on any atom is 0.329 e. The molecule has 2 N–H and O–H groups in total. The molecule has 108 valence electrons. The maximum atomic E-state index is 12.1. The zero-order chi connectivity index (χ0) is 14.6. The fourth-order valence-corrected chi connectivity index (χ4v) is 2.49. The van der Waals surface area contributed by atoms with Gasteiger partial charge in [0.15, 0.2) is 0 Å². The summed E-state index contributed by atoms with van der Waals surface area (Å²) in [5.74, 6) is 0.295. The molecule has 1 aromatic carbocycles. The molecule has 0 atom stereocenters. The van der Waals surface area contributed by atoms with Gasteiger partial charge in [-0.15, -0.1) is 5.10 Å². The van der Waals surface area contributed by atoms with Crippen LogP contribution < -0.4 is 10.0 Å². The third kappa shape index (κ3) is 3.55. The smallest absolute Gasteiger partial charge is 0.329 e. The van der Waals surface area contributed by atoms with Gasteiger partial charge in [-0.2, -0.15) is 0 Å². The molecule has 0 aliphatic heterocycles. The molecule has 0 saturated heterocycles. The van der Waals surface area contributed by atoms with Crippen LogP contribution in [0.1, 0.15) is 18.4 Å². The van der Waals surface area contributed by atoms with E-state index in [1.165, 1.54) is 12.1 Å². The highest BCUT2D eigenvalue weighted by Gasteiger charge is 2.17. The molecule has 0 bridgehead atoms. The van der Waals surface area contributed by atoms with E-state index >= 15 is 0 Å². The molecular formula is C12H16N4O3S. The zero-order valence-corrected chi connectivity index (χ0v) is 12.1. The molecule has 1 aromatic heterocycles. The average molecular weight is 296 g/mol. The quantitative estimate of drug-likeness (QED) is 0.833. The largest absolute Gasteiger partial charge is 0.408 e. The predicted octanol–water partition coefficient (Wildman–Crippen LogP) is 1.29. The number of hydrogen-bond acceptors (Lipinski definition) is 6. The van der Waals surface area contributed by atoms with Crippen molar-refractivity contribution in [1.29, 1.82) is 0 Å². The van der Waals surface area contributed by atoms with Gasteiger partial charge in [0.2, 0.25) is 5.89 Å². The minimum Gasteiger partial charge on any atom is -0.408 e. The van der Waals surface area contributed by atoms with Gasteiger partial charge in [-0.25, -0.2) is 13.1 Å². The third-order valence-electron chi connectivity index (χ3n) is 2.56. The first-order valence-electron chi connectivity index (χ1n) is 6.14. The van der Waals surface area contributed by atoms with Gasteiger partial charge in [-0.1, -0.05) is 24.2 Å². The Morgan fingerprint density at radius 1 is 1.20 bits per heavy atom. The van der Waals surface area contributed by atoms with Crippen LogP contribution in [0.25, 0.3) is 0 Å². The van der Waals surface area contributed by atoms with E-state index in [-0.39, 0.29) is 10.9 Å². The van der Waals surface area contributed by atoms with Crippen molar-refractivity contribution in [2.45, 2.75) is 25.3 Å². The Balaban J connectivity index is 2.13. The maximum absolute atomic E-state index is 12.1. The van der Waals surface area contributed by atoms with E-state index < -0.39 is 10.0 Å². The number of anilines is 1. The monoisotopic (exact) mass is 296 g/mol. The molecule has 0 saturated carbocycles. The van der Waals surface area contributed by atoms with E-state index in [1.807, 2.05) is 6.92 Å². The van der Waals surface area contributed by atoms with E-state index in [4.69, 9.17) is 4.42 Å². The highest BCUT2D eigenvalue weighted by atomic mass is 32.2. The molecule has 8 heteroatoms. The molecule has 1 heterocycles. The number of nitrogens with one attached hydrogen (secondary N) is 2. The van der Waals surface area contributed by atoms with Crippen LogP contribution in [0.3, 0.4) is 0 Å². The highest BCUT2D eigenvalue weighted by molar-refractivity contribution is 7.92. The van der Waals surface area contributed by atoms with E-state index in [0.29, 0.717) is 12.4 Å². The number of benzene rings is 1. The minimum atomic E-state index is -3.70. The van der Waals surface area contributed by atoms with Gasteiger partial charge in [-0.3, -0.25) is 0 Å². The Kier molecular flexibility index (Phi) is 4.35.